The second-order valence-electron chi connectivity index (χ2n) is 6.79. The first-order chi connectivity index (χ1) is 14.2. The molecule has 1 unspecified atom stereocenters. The van der Waals surface area contributed by atoms with Crippen LogP contribution in [0.25, 0.3) is 0 Å². The number of carbonyl (C=O) groups excluding carboxylic acids is 2. The number of aldehydes is 1. The number of aliphatic hydroxyl groups excluding tert-OH is 1. The lowest BCUT2D eigenvalue weighted by Crippen LogP contribution is -2.51. The molecule has 8 nitrogen and oxygen atoms in total. The number of nitriles is 1. The molecule has 1 saturated heterocycles. The monoisotopic (exact) mass is 397 g/mol. The average molecular weight is 397 g/mol. The van der Waals surface area contributed by atoms with Gasteiger partial charge in [0, 0.05) is 25.6 Å². The molecule has 29 heavy (non-hydrogen) atoms. The Morgan fingerprint density at radius 2 is 2.38 bits per heavy atom. The molecule has 0 aromatic carbocycles. The normalized spacial score (nSPS) is 21.6. The van der Waals surface area contributed by atoms with Crippen LogP contribution in [0, 0.1) is 11.3 Å². The maximum absolute atomic E-state index is 13.2. The van der Waals surface area contributed by atoms with E-state index in [1.54, 1.807) is 35.4 Å². The SMILES string of the molecule is N#CCCc1ncccc1C(=O)N1CCOC[C@H]1COC1=C(C=O)C(O)CC=C1. The number of carbonyl (C=O) groups is 2. The van der Waals surface area contributed by atoms with E-state index in [9.17, 15) is 14.7 Å². The Bertz CT molecular complexity index is 858. The van der Waals surface area contributed by atoms with E-state index in [1.165, 1.54) is 0 Å². The minimum Gasteiger partial charge on any atom is -0.491 e. The molecule has 0 radical (unpaired) electrons. The number of pyridine rings is 1. The summed E-state index contributed by atoms with van der Waals surface area (Å²) in [5, 5.41) is 18.8. The number of hydrogen-bond donors (Lipinski definition) is 1. The molecule has 1 aromatic heterocycles. The number of morpholine rings is 1. The molecule has 1 aliphatic heterocycles. The van der Waals surface area contributed by atoms with Crippen molar-refractivity contribution in [2.24, 2.45) is 0 Å². The van der Waals surface area contributed by atoms with Gasteiger partial charge >= 0.3 is 0 Å². The second kappa shape index (κ2) is 9.96. The summed E-state index contributed by atoms with van der Waals surface area (Å²) < 4.78 is 11.3. The third kappa shape index (κ3) is 4.88. The van der Waals surface area contributed by atoms with Gasteiger partial charge in [-0.2, -0.15) is 5.26 Å². The van der Waals surface area contributed by atoms with Crippen molar-refractivity contribution in [2.75, 3.05) is 26.4 Å². The first-order valence-corrected chi connectivity index (χ1v) is 9.52. The first-order valence-electron chi connectivity index (χ1n) is 9.52. The van der Waals surface area contributed by atoms with Gasteiger partial charge < -0.3 is 19.5 Å². The van der Waals surface area contributed by atoms with Crippen LogP contribution in [0.15, 0.2) is 41.8 Å². The van der Waals surface area contributed by atoms with E-state index in [1.807, 2.05) is 0 Å². The molecule has 0 bridgehead atoms. The lowest BCUT2D eigenvalue weighted by molar-refractivity contribution is -0.106. The van der Waals surface area contributed by atoms with Crippen molar-refractivity contribution in [3.8, 4) is 6.07 Å². The van der Waals surface area contributed by atoms with Crippen molar-refractivity contribution in [1.29, 1.82) is 5.26 Å². The standard InChI is InChI=1S/C21H23N3O5/c22-8-2-5-18-16(4-3-9-23-18)21(27)24-10-11-28-13-15(24)14-29-20-7-1-6-19(26)17(20)12-25/h1,3-4,7,9,12,15,19,26H,2,5-6,10-11,13-14H2/t15-,19?/m0/s1. The zero-order chi connectivity index (χ0) is 20.6. The predicted molar refractivity (Wildman–Crippen MR) is 103 cm³/mol. The number of rotatable bonds is 7. The number of ether oxygens (including phenoxy) is 2. The molecular weight excluding hydrogens is 374 g/mol. The fourth-order valence-corrected chi connectivity index (χ4v) is 3.37. The molecule has 2 heterocycles. The number of nitrogens with zero attached hydrogens (tertiary/aromatic N) is 3. The molecule has 1 fully saturated rings. The highest BCUT2D eigenvalue weighted by molar-refractivity contribution is 5.95. The molecule has 2 aliphatic rings. The molecule has 1 aliphatic carbocycles. The molecule has 2 atom stereocenters. The van der Waals surface area contributed by atoms with Crippen LogP contribution in [0.5, 0.6) is 0 Å². The van der Waals surface area contributed by atoms with Crippen LogP contribution in [0.3, 0.4) is 0 Å². The van der Waals surface area contributed by atoms with Crippen LogP contribution in [-0.2, 0) is 20.7 Å². The molecule has 1 amide bonds. The number of amides is 1. The average Bonchev–Trinajstić information content (AvgIpc) is 2.76. The third-order valence-corrected chi connectivity index (χ3v) is 4.91. The van der Waals surface area contributed by atoms with E-state index in [0.717, 1.165) is 0 Å². The molecule has 8 heteroatoms. The molecule has 152 valence electrons. The summed E-state index contributed by atoms with van der Waals surface area (Å²) in [6, 6.07) is 5.13. The van der Waals surface area contributed by atoms with E-state index in [0.29, 0.717) is 55.9 Å². The minimum atomic E-state index is -0.883. The third-order valence-electron chi connectivity index (χ3n) is 4.91. The number of aromatic nitrogens is 1. The van der Waals surface area contributed by atoms with Crippen molar-refractivity contribution in [3.05, 3.63) is 53.1 Å². The quantitative estimate of drug-likeness (QED) is 0.687. The maximum atomic E-state index is 13.2. The summed E-state index contributed by atoms with van der Waals surface area (Å²) >= 11 is 0. The van der Waals surface area contributed by atoms with Gasteiger partial charge in [0.25, 0.3) is 5.91 Å². The van der Waals surface area contributed by atoms with Gasteiger partial charge in [0.2, 0.25) is 0 Å². The van der Waals surface area contributed by atoms with Gasteiger partial charge in [-0.25, -0.2) is 0 Å². The number of hydrogen-bond acceptors (Lipinski definition) is 7. The molecule has 0 spiro atoms. The highest BCUT2D eigenvalue weighted by Gasteiger charge is 2.30. The highest BCUT2D eigenvalue weighted by atomic mass is 16.5. The molecule has 1 N–H and O–H groups in total. The van der Waals surface area contributed by atoms with Gasteiger partial charge in [-0.1, -0.05) is 6.08 Å². The highest BCUT2D eigenvalue weighted by Crippen LogP contribution is 2.21. The zero-order valence-electron chi connectivity index (χ0n) is 16.0. The summed E-state index contributed by atoms with van der Waals surface area (Å²) in [5.41, 5.74) is 1.26. The first kappa shape index (κ1) is 20.7. The second-order valence-corrected chi connectivity index (χ2v) is 6.79. The van der Waals surface area contributed by atoms with Gasteiger partial charge in [-0.3, -0.25) is 14.6 Å². The number of allylic oxidation sites excluding steroid dienone is 1. The van der Waals surface area contributed by atoms with Crippen molar-refractivity contribution in [1.82, 2.24) is 9.88 Å². The van der Waals surface area contributed by atoms with Crippen molar-refractivity contribution < 1.29 is 24.2 Å². The van der Waals surface area contributed by atoms with Gasteiger partial charge in [0.15, 0.2) is 6.29 Å². The Balaban J connectivity index is 1.75. The summed E-state index contributed by atoms with van der Waals surface area (Å²) in [4.78, 5) is 30.4. The number of aryl methyl sites for hydroxylation is 1. The summed E-state index contributed by atoms with van der Waals surface area (Å²) in [6.07, 6.45) is 5.78. The largest absolute Gasteiger partial charge is 0.491 e. The zero-order valence-corrected chi connectivity index (χ0v) is 16.0. The summed E-state index contributed by atoms with van der Waals surface area (Å²) in [5.74, 6) is 0.125. The fraction of sp³-hybridized carbons (Fsp3) is 0.429. The van der Waals surface area contributed by atoms with E-state index >= 15 is 0 Å². The Labute approximate surface area is 169 Å². The fourth-order valence-electron chi connectivity index (χ4n) is 3.37. The van der Waals surface area contributed by atoms with Crippen molar-refractivity contribution in [2.45, 2.75) is 31.4 Å². The Morgan fingerprint density at radius 3 is 3.17 bits per heavy atom. The predicted octanol–water partition coefficient (Wildman–Crippen LogP) is 1.17. The van der Waals surface area contributed by atoms with E-state index < -0.39 is 6.10 Å². The minimum absolute atomic E-state index is 0.128. The van der Waals surface area contributed by atoms with Crippen LogP contribution in [0.1, 0.15) is 28.9 Å². The molecule has 1 aromatic rings. The lowest BCUT2D eigenvalue weighted by Gasteiger charge is -2.36. The van der Waals surface area contributed by atoms with E-state index in [2.05, 4.69) is 11.1 Å². The maximum Gasteiger partial charge on any atom is 0.256 e. The summed E-state index contributed by atoms with van der Waals surface area (Å²) in [7, 11) is 0. The van der Waals surface area contributed by atoms with Crippen molar-refractivity contribution in [3.63, 3.8) is 0 Å². The van der Waals surface area contributed by atoms with Crippen LogP contribution in [0.4, 0.5) is 0 Å². The summed E-state index contributed by atoms with van der Waals surface area (Å²) in [6.45, 7) is 1.24. The van der Waals surface area contributed by atoms with Gasteiger partial charge in [-0.15, -0.1) is 0 Å². The van der Waals surface area contributed by atoms with Gasteiger partial charge in [-0.05, 0) is 24.6 Å². The van der Waals surface area contributed by atoms with Gasteiger partial charge in [0.05, 0.1) is 48.3 Å². The Kier molecular flexibility index (Phi) is 7.11. The molecule has 0 saturated carbocycles. The molecular formula is C21H23N3O5. The Morgan fingerprint density at radius 1 is 1.52 bits per heavy atom. The van der Waals surface area contributed by atoms with Gasteiger partial charge in [0.1, 0.15) is 12.4 Å². The molecule has 3 rings (SSSR count). The van der Waals surface area contributed by atoms with Crippen LogP contribution in [0.2, 0.25) is 0 Å². The van der Waals surface area contributed by atoms with Crippen molar-refractivity contribution >= 4 is 12.2 Å². The lowest BCUT2D eigenvalue weighted by atomic mass is 10.0. The topological polar surface area (TPSA) is 113 Å². The van der Waals surface area contributed by atoms with Crippen LogP contribution < -0.4 is 0 Å². The van der Waals surface area contributed by atoms with E-state index in [4.69, 9.17) is 14.7 Å². The number of aliphatic hydroxyl groups is 1. The Hall–Kier alpha value is -3.02. The van der Waals surface area contributed by atoms with E-state index in [-0.39, 0.29) is 30.5 Å². The van der Waals surface area contributed by atoms with Crippen LogP contribution >= 0.6 is 0 Å². The van der Waals surface area contributed by atoms with Crippen LogP contribution in [-0.4, -0.2) is 65.7 Å². The smallest absolute Gasteiger partial charge is 0.256 e.